The Morgan fingerprint density at radius 1 is 1.29 bits per heavy atom. The predicted molar refractivity (Wildman–Crippen MR) is 86.7 cm³/mol. The molecule has 0 aliphatic carbocycles. The van der Waals surface area contributed by atoms with Crippen LogP contribution in [0.3, 0.4) is 0 Å². The number of pyridine rings is 1. The first-order chi connectivity index (χ1) is 11.3. The summed E-state index contributed by atoms with van der Waals surface area (Å²) >= 11 is 11.0. The molecule has 0 bridgehead atoms. The molecule has 2 heterocycles. The lowest BCUT2D eigenvalue weighted by Crippen LogP contribution is -2.23. The van der Waals surface area contributed by atoms with Crippen LogP contribution in [0.15, 0.2) is 41.3 Å². The van der Waals surface area contributed by atoms with Crippen LogP contribution in [0.2, 0.25) is 5.02 Å². The van der Waals surface area contributed by atoms with Crippen LogP contribution in [0, 0.1) is 4.77 Å². The van der Waals surface area contributed by atoms with E-state index in [2.05, 4.69) is 9.97 Å². The fourth-order valence-electron chi connectivity index (χ4n) is 2.23. The fraction of sp³-hybridized carbons (Fsp3) is 0.133. The van der Waals surface area contributed by atoms with Crippen molar-refractivity contribution in [3.05, 3.63) is 67.9 Å². The van der Waals surface area contributed by atoms with Crippen molar-refractivity contribution in [1.29, 1.82) is 0 Å². The predicted octanol–water partition coefficient (Wildman–Crippen LogP) is 4.17. The molecule has 9 heteroatoms. The van der Waals surface area contributed by atoms with E-state index >= 15 is 0 Å². The number of fused-ring (bicyclic) bond motifs is 1. The maximum Gasteiger partial charge on any atom is 0.417 e. The van der Waals surface area contributed by atoms with Gasteiger partial charge in [0.2, 0.25) is 0 Å². The number of benzene rings is 1. The minimum absolute atomic E-state index is 0.126. The molecule has 0 saturated carbocycles. The zero-order valence-electron chi connectivity index (χ0n) is 11.9. The molecule has 4 nitrogen and oxygen atoms in total. The number of nitrogens with one attached hydrogen (secondary N) is 1. The van der Waals surface area contributed by atoms with Gasteiger partial charge in [-0.25, -0.2) is 0 Å². The van der Waals surface area contributed by atoms with Crippen molar-refractivity contribution in [1.82, 2.24) is 14.5 Å². The average Bonchev–Trinajstić information content (AvgIpc) is 2.51. The van der Waals surface area contributed by atoms with Crippen LogP contribution < -0.4 is 5.56 Å². The van der Waals surface area contributed by atoms with Crippen molar-refractivity contribution in [2.24, 2.45) is 0 Å². The molecular weight excluding hydrogens is 363 g/mol. The lowest BCUT2D eigenvalue weighted by molar-refractivity contribution is -0.137. The van der Waals surface area contributed by atoms with E-state index < -0.39 is 11.7 Å². The van der Waals surface area contributed by atoms with Crippen molar-refractivity contribution in [2.45, 2.75) is 12.7 Å². The largest absolute Gasteiger partial charge is 0.417 e. The molecule has 3 rings (SSSR count). The summed E-state index contributed by atoms with van der Waals surface area (Å²) in [5, 5.41) is 0.230. The molecule has 1 N–H and O–H groups in total. The number of H-pyrrole nitrogens is 1. The second-order valence-electron chi connectivity index (χ2n) is 5.02. The van der Waals surface area contributed by atoms with Crippen LogP contribution in [0.25, 0.3) is 10.9 Å². The second-order valence-corrected chi connectivity index (χ2v) is 5.81. The standard InChI is InChI=1S/C15H9ClF3N3OS/c16-10-5-8(15(17,18)19)6-20-12(10)7-22-13(23)9-3-1-2-4-11(9)21-14(22)24/h1-6H,7H2,(H,21,24). The molecule has 0 atom stereocenters. The third kappa shape index (κ3) is 3.07. The van der Waals surface area contributed by atoms with E-state index in [9.17, 15) is 18.0 Å². The minimum atomic E-state index is -4.54. The van der Waals surface area contributed by atoms with Crippen LogP contribution in [0.4, 0.5) is 13.2 Å². The lowest BCUT2D eigenvalue weighted by atomic mass is 10.2. The normalized spacial score (nSPS) is 11.8. The van der Waals surface area contributed by atoms with Crippen LogP contribution >= 0.6 is 23.8 Å². The van der Waals surface area contributed by atoms with Crippen molar-refractivity contribution in [3.63, 3.8) is 0 Å². The topological polar surface area (TPSA) is 50.7 Å². The highest BCUT2D eigenvalue weighted by Crippen LogP contribution is 2.31. The number of nitrogens with zero attached hydrogens (tertiary/aromatic N) is 2. The van der Waals surface area contributed by atoms with Gasteiger partial charge < -0.3 is 4.98 Å². The molecule has 0 saturated heterocycles. The molecule has 2 aromatic heterocycles. The van der Waals surface area contributed by atoms with Gasteiger partial charge in [0.15, 0.2) is 4.77 Å². The van der Waals surface area contributed by atoms with E-state index in [0.29, 0.717) is 17.1 Å². The van der Waals surface area contributed by atoms with Crippen LogP contribution in [-0.4, -0.2) is 14.5 Å². The average molecular weight is 372 g/mol. The highest BCUT2D eigenvalue weighted by molar-refractivity contribution is 7.71. The Labute approximate surface area is 143 Å². The van der Waals surface area contributed by atoms with E-state index in [1.165, 1.54) is 4.57 Å². The first kappa shape index (κ1) is 16.7. The molecule has 0 aliphatic heterocycles. The molecule has 0 unspecified atom stereocenters. The van der Waals surface area contributed by atoms with Gasteiger partial charge in [0, 0.05) is 6.20 Å². The van der Waals surface area contributed by atoms with Gasteiger partial charge in [0.25, 0.3) is 5.56 Å². The first-order valence-electron chi connectivity index (χ1n) is 6.71. The van der Waals surface area contributed by atoms with Gasteiger partial charge in [-0.3, -0.25) is 14.3 Å². The Kier molecular flexibility index (Phi) is 4.18. The molecule has 0 spiro atoms. The smallest absolute Gasteiger partial charge is 0.332 e. The number of rotatable bonds is 2. The van der Waals surface area contributed by atoms with Crippen LogP contribution in [-0.2, 0) is 12.7 Å². The monoisotopic (exact) mass is 371 g/mol. The molecule has 124 valence electrons. The summed E-state index contributed by atoms with van der Waals surface area (Å²) in [6.07, 6.45) is -3.86. The number of para-hydroxylation sites is 1. The van der Waals surface area contributed by atoms with Crippen LogP contribution in [0.5, 0.6) is 0 Å². The van der Waals surface area contributed by atoms with E-state index in [0.717, 1.165) is 6.07 Å². The first-order valence-corrected chi connectivity index (χ1v) is 7.49. The Morgan fingerprint density at radius 2 is 2.00 bits per heavy atom. The highest BCUT2D eigenvalue weighted by Gasteiger charge is 2.31. The number of aromatic amines is 1. The molecule has 0 amide bonds. The Balaban J connectivity index is 2.08. The second kappa shape index (κ2) is 6.03. The zero-order valence-corrected chi connectivity index (χ0v) is 13.5. The van der Waals surface area contributed by atoms with E-state index in [1.54, 1.807) is 24.3 Å². The van der Waals surface area contributed by atoms with Gasteiger partial charge in [-0.05, 0) is 30.4 Å². The van der Waals surface area contributed by atoms with Crippen molar-refractivity contribution in [2.75, 3.05) is 0 Å². The summed E-state index contributed by atoms with van der Waals surface area (Å²) in [6, 6.07) is 7.57. The van der Waals surface area contributed by atoms with Gasteiger partial charge in [0.1, 0.15) is 0 Å². The summed E-state index contributed by atoms with van der Waals surface area (Å²) in [6.45, 7) is -0.129. The van der Waals surface area contributed by atoms with E-state index in [-0.39, 0.29) is 27.6 Å². The number of aromatic nitrogens is 3. The van der Waals surface area contributed by atoms with Crippen molar-refractivity contribution >= 4 is 34.7 Å². The Bertz CT molecular complexity index is 1040. The molecular formula is C15H9ClF3N3OS. The highest BCUT2D eigenvalue weighted by atomic mass is 35.5. The molecule has 3 aromatic rings. The van der Waals surface area contributed by atoms with E-state index in [4.69, 9.17) is 23.8 Å². The van der Waals surface area contributed by atoms with Crippen LogP contribution in [0.1, 0.15) is 11.3 Å². The fourth-order valence-corrected chi connectivity index (χ4v) is 2.71. The van der Waals surface area contributed by atoms with Crippen molar-refractivity contribution < 1.29 is 13.2 Å². The summed E-state index contributed by atoms with van der Waals surface area (Å²) in [7, 11) is 0. The summed E-state index contributed by atoms with van der Waals surface area (Å²) in [5.74, 6) is 0. The third-order valence-electron chi connectivity index (χ3n) is 3.44. The van der Waals surface area contributed by atoms with Gasteiger partial charge in [-0.15, -0.1) is 0 Å². The molecule has 0 aliphatic rings. The maximum atomic E-state index is 12.7. The number of hydrogen-bond acceptors (Lipinski definition) is 3. The molecule has 24 heavy (non-hydrogen) atoms. The van der Waals surface area contributed by atoms with Gasteiger partial charge in [-0.1, -0.05) is 23.7 Å². The van der Waals surface area contributed by atoms with Crippen molar-refractivity contribution in [3.8, 4) is 0 Å². The number of halogens is 4. The molecule has 0 fully saturated rings. The quantitative estimate of drug-likeness (QED) is 0.688. The third-order valence-corrected chi connectivity index (χ3v) is 4.09. The lowest BCUT2D eigenvalue weighted by Gasteiger charge is -2.11. The van der Waals surface area contributed by atoms with Gasteiger partial charge in [-0.2, -0.15) is 13.2 Å². The Hall–Kier alpha value is -2.19. The summed E-state index contributed by atoms with van der Waals surface area (Å²) < 4.78 is 39.3. The summed E-state index contributed by atoms with van der Waals surface area (Å²) in [5.41, 5.74) is -0.615. The maximum absolute atomic E-state index is 12.7. The minimum Gasteiger partial charge on any atom is -0.332 e. The summed E-state index contributed by atoms with van der Waals surface area (Å²) in [4.78, 5) is 19.1. The molecule has 0 radical (unpaired) electrons. The number of hydrogen-bond donors (Lipinski definition) is 1. The zero-order chi connectivity index (χ0) is 17.5. The van der Waals surface area contributed by atoms with E-state index in [1.807, 2.05) is 0 Å². The van der Waals surface area contributed by atoms with Gasteiger partial charge >= 0.3 is 6.18 Å². The van der Waals surface area contributed by atoms with Gasteiger partial charge in [0.05, 0.1) is 33.7 Å². The SMILES string of the molecule is O=c1c2ccccc2[nH]c(=S)n1Cc1ncc(C(F)(F)F)cc1Cl. The molecule has 1 aromatic carbocycles. The number of alkyl halides is 3. The Morgan fingerprint density at radius 3 is 2.67 bits per heavy atom.